The minimum Gasteiger partial charge on any atom is -0.503 e. The van der Waals surface area contributed by atoms with E-state index in [0.717, 1.165) is 4.31 Å². The fourth-order valence-electron chi connectivity index (χ4n) is 2.97. The van der Waals surface area contributed by atoms with Crippen molar-refractivity contribution >= 4 is 43.8 Å². The Morgan fingerprint density at radius 1 is 1.09 bits per heavy atom. The molecule has 0 saturated heterocycles. The predicted molar refractivity (Wildman–Crippen MR) is 132 cm³/mol. The lowest BCUT2D eigenvalue weighted by atomic mass is 10.2. The Kier molecular flexibility index (Phi) is 8.13. The van der Waals surface area contributed by atoms with Crippen LogP contribution in [-0.2, 0) is 14.8 Å². The summed E-state index contributed by atoms with van der Waals surface area (Å²) < 4.78 is 38.3. The Hall–Kier alpha value is -3.57. The van der Waals surface area contributed by atoms with Crippen LogP contribution in [0.25, 0.3) is 0 Å². The molecule has 0 aromatic heterocycles. The van der Waals surface area contributed by atoms with Gasteiger partial charge in [-0.25, -0.2) is 13.8 Å². The minimum absolute atomic E-state index is 0.0372. The Bertz CT molecular complexity index is 1300. The van der Waals surface area contributed by atoms with E-state index in [1.54, 1.807) is 42.5 Å². The summed E-state index contributed by atoms with van der Waals surface area (Å²) in [6.07, 6.45) is 1.34. The van der Waals surface area contributed by atoms with Crippen molar-refractivity contribution in [2.24, 2.45) is 5.10 Å². The molecular weight excluding hydrogens is 526 g/mol. The number of aromatic hydroxyl groups is 1. The summed E-state index contributed by atoms with van der Waals surface area (Å²) in [7, 11) is -1.18. The zero-order valence-corrected chi connectivity index (χ0v) is 20.7. The first-order chi connectivity index (χ1) is 16.3. The Morgan fingerprint density at radius 2 is 1.82 bits per heavy atom. The molecule has 3 rings (SSSR count). The third-order valence-corrected chi connectivity index (χ3v) is 7.03. The highest BCUT2D eigenvalue weighted by atomic mass is 79.9. The van der Waals surface area contributed by atoms with Crippen molar-refractivity contribution in [2.45, 2.75) is 4.90 Å². The van der Waals surface area contributed by atoms with Gasteiger partial charge in [-0.2, -0.15) is 5.10 Å². The van der Waals surface area contributed by atoms with E-state index in [0.29, 0.717) is 15.8 Å². The lowest BCUT2D eigenvalue weighted by Gasteiger charge is -2.24. The van der Waals surface area contributed by atoms with Gasteiger partial charge >= 0.3 is 0 Å². The van der Waals surface area contributed by atoms with Gasteiger partial charge in [-0.1, -0.05) is 24.3 Å². The van der Waals surface area contributed by atoms with Crippen molar-refractivity contribution in [1.29, 1.82) is 0 Å². The number of carbonyl (C=O) groups is 1. The van der Waals surface area contributed by atoms with Crippen LogP contribution in [0.1, 0.15) is 5.56 Å². The van der Waals surface area contributed by atoms with E-state index >= 15 is 0 Å². The molecule has 3 aromatic carbocycles. The van der Waals surface area contributed by atoms with Gasteiger partial charge in [0.1, 0.15) is 12.3 Å². The molecule has 0 aliphatic carbocycles. The summed E-state index contributed by atoms with van der Waals surface area (Å²) in [5.74, 6) is -0.0662. The molecule has 0 heterocycles. The number of anilines is 1. The van der Waals surface area contributed by atoms with Crippen molar-refractivity contribution in [1.82, 2.24) is 5.43 Å². The first-order valence-electron chi connectivity index (χ1n) is 9.86. The van der Waals surface area contributed by atoms with Crippen molar-refractivity contribution in [3.8, 4) is 17.2 Å². The molecule has 0 spiro atoms. The van der Waals surface area contributed by atoms with E-state index in [2.05, 4.69) is 26.5 Å². The maximum Gasteiger partial charge on any atom is 0.264 e. The molecule has 11 heteroatoms. The molecule has 0 bridgehead atoms. The lowest BCUT2D eigenvalue weighted by Crippen LogP contribution is -2.39. The molecule has 9 nitrogen and oxygen atoms in total. The van der Waals surface area contributed by atoms with Gasteiger partial charge < -0.3 is 14.6 Å². The van der Waals surface area contributed by atoms with E-state index in [-0.39, 0.29) is 22.1 Å². The number of nitrogens with one attached hydrogen (secondary N) is 1. The Morgan fingerprint density at radius 3 is 2.50 bits per heavy atom. The fourth-order valence-corrected chi connectivity index (χ4v) is 4.86. The van der Waals surface area contributed by atoms with E-state index in [4.69, 9.17) is 9.47 Å². The quantitative estimate of drug-likeness (QED) is 0.312. The number of hydrogen-bond acceptors (Lipinski definition) is 7. The third-order valence-electron chi connectivity index (χ3n) is 4.63. The average molecular weight is 548 g/mol. The molecule has 2 N–H and O–H groups in total. The van der Waals surface area contributed by atoms with E-state index < -0.39 is 22.5 Å². The number of amides is 1. The van der Waals surface area contributed by atoms with Gasteiger partial charge in [0.2, 0.25) is 0 Å². The number of ether oxygens (including phenoxy) is 2. The number of carbonyl (C=O) groups excluding carboxylic acids is 1. The largest absolute Gasteiger partial charge is 0.503 e. The molecule has 0 radical (unpaired) electrons. The van der Waals surface area contributed by atoms with Gasteiger partial charge in [-0.3, -0.25) is 9.10 Å². The lowest BCUT2D eigenvalue weighted by molar-refractivity contribution is -0.119. The number of sulfonamides is 1. The van der Waals surface area contributed by atoms with Crippen LogP contribution >= 0.6 is 15.9 Å². The summed E-state index contributed by atoms with van der Waals surface area (Å²) in [4.78, 5) is 12.7. The number of hydrogen-bond donors (Lipinski definition) is 2. The smallest absolute Gasteiger partial charge is 0.264 e. The number of rotatable bonds is 9. The molecule has 0 saturated carbocycles. The molecule has 0 atom stereocenters. The summed E-state index contributed by atoms with van der Waals surface area (Å²) in [6, 6.07) is 17.3. The van der Waals surface area contributed by atoms with Gasteiger partial charge in [0.25, 0.3) is 15.9 Å². The number of nitrogens with zero attached hydrogens (tertiary/aromatic N) is 2. The molecule has 34 heavy (non-hydrogen) atoms. The number of halogens is 1. The van der Waals surface area contributed by atoms with Crippen molar-refractivity contribution in [3.05, 3.63) is 76.8 Å². The zero-order valence-electron chi connectivity index (χ0n) is 18.3. The van der Waals surface area contributed by atoms with E-state index in [1.807, 2.05) is 0 Å². The van der Waals surface area contributed by atoms with Crippen LogP contribution in [0.3, 0.4) is 0 Å². The van der Waals surface area contributed by atoms with Crippen LogP contribution in [0.2, 0.25) is 0 Å². The van der Waals surface area contributed by atoms with Crippen LogP contribution in [0.4, 0.5) is 5.69 Å². The van der Waals surface area contributed by atoms with Crippen molar-refractivity contribution in [3.63, 3.8) is 0 Å². The number of phenolic OH excluding ortho intramolecular Hbond substituents is 1. The van der Waals surface area contributed by atoms with Crippen molar-refractivity contribution < 1.29 is 27.8 Å². The standard InChI is InChI=1S/C23H22BrN3O6S/c1-32-18-8-6-7-17(13-18)27(34(30,31)19-9-4-3-5-10-19)15-22(28)26-25-14-16-11-20(24)23(29)21(12-16)33-2/h3-14,29H,15H2,1-2H3,(H,26,28)/b25-14-. The molecule has 0 fully saturated rings. The molecule has 0 unspecified atom stereocenters. The maximum atomic E-state index is 13.3. The van der Waals surface area contributed by atoms with Gasteiger partial charge in [0.15, 0.2) is 11.5 Å². The van der Waals surface area contributed by atoms with Crippen LogP contribution in [0.5, 0.6) is 17.2 Å². The summed E-state index contributed by atoms with van der Waals surface area (Å²) in [5.41, 5.74) is 3.12. The first-order valence-corrected chi connectivity index (χ1v) is 12.1. The minimum atomic E-state index is -4.06. The highest BCUT2D eigenvalue weighted by Crippen LogP contribution is 2.34. The van der Waals surface area contributed by atoms with Gasteiger partial charge in [0, 0.05) is 6.07 Å². The molecule has 0 aliphatic rings. The van der Waals surface area contributed by atoms with Crippen LogP contribution in [-0.4, -0.2) is 46.4 Å². The van der Waals surface area contributed by atoms with Gasteiger partial charge in [-0.15, -0.1) is 0 Å². The molecular formula is C23H22BrN3O6S. The predicted octanol–water partition coefficient (Wildman–Crippen LogP) is 3.52. The normalized spacial score (nSPS) is 11.3. The summed E-state index contributed by atoms with van der Waals surface area (Å²) in [6.45, 7) is -0.523. The Labute approximate surface area is 205 Å². The topological polar surface area (TPSA) is 118 Å². The number of benzene rings is 3. The second-order valence-electron chi connectivity index (χ2n) is 6.87. The summed E-state index contributed by atoms with van der Waals surface area (Å²) in [5, 5.41) is 13.8. The maximum absolute atomic E-state index is 13.3. The monoisotopic (exact) mass is 547 g/mol. The van der Waals surface area contributed by atoms with Crippen LogP contribution in [0.15, 0.2) is 81.2 Å². The summed E-state index contributed by atoms with van der Waals surface area (Å²) >= 11 is 3.21. The molecule has 1 amide bonds. The Balaban J connectivity index is 1.84. The second-order valence-corrected chi connectivity index (χ2v) is 9.59. The molecule has 0 aliphatic heterocycles. The molecule has 3 aromatic rings. The van der Waals surface area contributed by atoms with Crippen LogP contribution in [0, 0.1) is 0 Å². The highest BCUT2D eigenvalue weighted by molar-refractivity contribution is 9.10. The number of hydrazone groups is 1. The van der Waals surface area contributed by atoms with Gasteiger partial charge in [0.05, 0.1) is 35.5 Å². The third kappa shape index (κ3) is 5.86. The average Bonchev–Trinajstić information content (AvgIpc) is 2.85. The second kappa shape index (κ2) is 11.0. The fraction of sp³-hybridized carbons (Fsp3) is 0.130. The zero-order chi connectivity index (χ0) is 24.7. The van der Waals surface area contributed by atoms with E-state index in [1.165, 1.54) is 44.7 Å². The van der Waals surface area contributed by atoms with Crippen molar-refractivity contribution in [2.75, 3.05) is 25.1 Å². The van der Waals surface area contributed by atoms with Crippen LogP contribution < -0.4 is 19.2 Å². The van der Waals surface area contributed by atoms with E-state index in [9.17, 15) is 18.3 Å². The highest BCUT2D eigenvalue weighted by Gasteiger charge is 2.27. The first kappa shape index (κ1) is 25.1. The number of phenols is 1. The SMILES string of the molecule is COc1cccc(N(CC(=O)N/N=C\c2cc(Br)c(O)c(OC)c2)S(=O)(=O)c2ccccc2)c1. The van der Waals surface area contributed by atoms with Gasteiger partial charge in [-0.05, 0) is 57.9 Å². The molecule has 178 valence electrons. The number of methoxy groups -OCH3 is 2.